The van der Waals surface area contributed by atoms with Crippen LogP contribution in [0.3, 0.4) is 0 Å². The van der Waals surface area contributed by atoms with E-state index in [9.17, 15) is 0 Å². The van der Waals surface area contributed by atoms with E-state index in [0.717, 1.165) is 0 Å². The standard InChI is InChI=1S/C7H14Cl2O2/c1-7(6-9)11-5-4-10-3-2-8/h7H,2-6H2,1H3/t7-/m1/s1. The Morgan fingerprint density at radius 1 is 1.18 bits per heavy atom. The highest BCUT2D eigenvalue weighted by molar-refractivity contribution is 6.18. The highest BCUT2D eigenvalue weighted by Crippen LogP contribution is 1.92. The van der Waals surface area contributed by atoms with E-state index in [2.05, 4.69) is 0 Å². The van der Waals surface area contributed by atoms with Gasteiger partial charge in [0.25, 0.3) is 0 Å². The summed E-state index contributed by atoms with van der Waals surface area (Å²) >= 11 is 10.9. The molecule has 0 saturated heterocycles. The number of hydrogen-bond acceptors (Lipinski definition) is 2. The second-order valence-corrected chi connectivity index (χ2v) is 2.82. The maximum Gasteiger partial charge on any atom is 0.0704 e. The summed E-state index contributed by atoms with van der Waals surface area (Å²) < 4.78 is 10.3. The number of hydrogen-bond donors (Lipinski definition) is 0. The SMILES string of the molecule is C[C@H](CCl)OCCOCCCl. The molecule has 0 heterocycles. The van der Waals surface area contributed by atoms with E-state index in [-0.39, 0.29) is 6.10 Å². The molecule has 0 aliphatic carbocycles. The van der Waals surface area contributed by atoms with E-state index in [1.165, 1.54) is 0 Å². The van der Waals surface area contributed by atoms with Crippen LogP contribution in [-0.4, -0.2) is 37.7 Å². The van der Waals surface area contributed by atoms with Gasteiger partial charge in [0.2, 0.25) is 0 Å². The summed E-state index contributed by atoms with van der Waals surface area (Å²) in [5.41, 5.74) is 0. The normalized spacial score (nSPS) is 13.4. The van der Waals surface area contributed by atoms with Gasteiger partial charge in [-0.25, -0.2) is 0 Å². The van der Waals surface area contributed by atoms with Crippen molar-refractivity contribution in [3.8, 4) is 0 Å². The first-order chi connectivity index (χ1) is 5.31. The van der Waals surface area contributed by atoms with Crippen LogP contribution in [0.15, 0.2) is 0 Å². The summed E-state index contributed by atoms with van der Waals surface area (Å²) in [6, 6.07) is 0. The van der Waals surface area contributed by atoms with E-state index < -0.39 is 0 Å². The van der Waals surface area contributed by atoms with Crippen molar-refractivity contribution in [1.29, 1.82) is 0 Å². The molecular formula is C7H14Cl2O2. The van der Waals surface area contributed by atoms with Crippen LogP contribution in [0.4, 0.5) is 0 Å². The Kier molecular flexibility index (Phi) is 8.99. The third-order valence-corrected chi connectivity index (χ3v) is 1.66. The van der Waals surface area contributed by atoms with Crippen LogP contribution >= 0.6 is 23.2 Å². The highest BCUT2D eigenvalue weighted by Gasteiger charge is 1.97. The summed E-state index contributed by atoms with van der Waals surface area (Å²) in [6.07, 6.45) is 0.108. The highest BCUT2D eigenvalue weighted by atomic mass is 35.5. The summed E-state index contributed by atoms with van der Waals surface area (Å²) in [5, 5.41) is 0. The molecule has 0 aliphatic rings. The van der Waals surface area contributed by atoms with Gasteiger partial charge in [-0.1, -0.05) is 0 Å². The Balaban J connectivity index is 2.89. The molecular weight excluding hydrogens is 187 g/mol. The van der Waals surface area contributed by atoms with Crippen LogP contribution in [0.5, 0.6) is 0 Å². The minimum absolute atomic E-state index is 0.108. The van der Waals surface area contributed by atoms with E-state index in [1.807, 2.05) is 6.92 Å². The zero-order chi connectivity index (χ0) is 8.53. The Bertz CT molecular complexity index is 80.8. The maximum atomic E-state index is 5.51. The Labute approximate surface area is 77.8 Å². The lowest BCUT2D eigenvalue weighted by molar-refractivity contribution is 0.0249. The molecule has 68 valence electrons. The van der Waals surface area contributed by atoms with Gasteiger partial charge >= 0.3 is 0 Å². The largest absolute Gasteiger partial charge is 0.378 e. The molecule has 0 amide bonds. The molecule has 0 N–H and O–H groups in total. The molecule has 4 heteroatoms. The number of halogens is 2. The third kappa shape index (κ3) is 8.41. The van der Waals surface area contributed by atoms with Gasteiger partial charge in [-0.05, 0) is 6.92 Å². The number of rotatable bonds is 7. The zero-order valence-corrected chi connectivity index (χ0v) is 8.20. The van der Waals surface area contributed by atoms with E-state index in [1.54, 1.807) is 0 Å². The average Bonchev–Trinajstić information content (AvgIpc) is 2.04. The predicted octanol–water partition coefficient (Wildman–Crippen LogP) is 1.89. The van der Waals surface area contributed by atoms with Gasteiger partial charge in [0.05, 0.1) is 25.9 Å². The lowest BCUT2D eigenvalue weighted by Crippen LogP contribution is -2.14. The monoisotopic (exact) mass is 200 g/mol. The molecule has 2 nitrogen and oxygen atoms in total. The van der Waals surface area contributed by atoms with Crippen LogP contribution in [-0.2, 0) is 9.47 Å². The van der Waals surface area contributed by atoms with Crippen molar-refractivity contribution in [3.05, 3.63) is 0 Å². The molecule has 0 saturated carbocycles. The molecule has 0 rings (SSSR count). The fourth-order valence-electron chi connectivity index (χ4n) is 0.509. The van der Waals surface area contributed by atoms with Crippen molar-refractivity contribution in [2.75, 3.05) is 31.6 Å². The van der Waals surface area contributed by atoms with Gasteiger partial charge in [-0.3, -0.25) is 0 Å². The fourth-order valence-corrected chi connectivity index (χ4v) is 0.708. The maximum absolute atomic E-state index is 5.51. The van der Waals surface area contributed by atoms with Gasteiger partial charge in [0, 0.05) is 11.8 Å². The van der Waals surface area contributed by atoms with Gasteiger partial charge in [0.1, 0.15) is 0 Å². The lowest BCUT2D eigenvalue weighted by Gasteiger charge is -2.08. The second-order valence-electron chi connectivity index (χ2n) is 2.14. The quantitative estimate of drug-likeness (QED) is 0.462. The molecule has 0 unspecified atom stereocenters. The van der Waals surface area contributed by atoms with Crippen LogP contribution in [0.25, 0.3) is 0 Å². The topological polar surface area (TPSA) is 18.5 Å². The van der Waals surface area contributed by atoms with Crippen LogP contribution in [0.2, 0.25) is 0 Å². The third-order valence-electron chi connectivity index (χ3n) is 1.07. The van der Waals surface area contributed by atoms with Gasteiger partial charge in [-0.2, -0.15) is 0 Å². The molecule has 0 aromatic rings. The second kappa shape index (κ2) is 8.60. The van der Waals surface area contributed by atoms with Crippen molar-refractivity contribution in [2.24, 2.45) is 0 Å². The lowest BCUT2D eigenvalue weighted by atomic mass is 10.5. The van der Waals surface area contributed by atoms with E-state index in [4.69, 9.17) is 32.7 Å². The molecule has 1 atom stereocenters. The molecule has 0 aromatic heterocycles. The van der Waals surface area contributed by atoms with E-state index >= 15 is 0 Å². The zero-order valence-electron chi connectivity index (χ0n) is 6.69. The van der Waals surface area contributed by atoms with Crippen LogP contribution in [0, 0.1) is 0 Å². The Morgan fingerprint density at radius 3 is 2.45 bits per heavy atom. The first kappa shape index (κ1) is 11.5. The molecule has 0 spiro atoms. The molecule has 0 bridgehead atoms. The first-order valence-corrected chi connectivity index (χ1v) is 4.69. The molecule has 0 fully saturated rings. The van der Waals surface area contributed by atoms with Crippen molar-refractivity contribution in [2.45, 2.75) is 13.0 Å². The van der Waals surface area contributed by atoms with Gasteiger partial charge < -0.3 is 9.47 Å². The number of ether oxygens (including phenoxy) is 2. The fraction of sp³-hybridized carbons (Fsp3) is 1.00. The summed E-state index contributed by atoms with van der Waals surface area (Å²) in [6.45, 7) is 3.69. The van der Waals surface area contributed by atoms with Gasteiger partial charge in [-0.15, -0.1) is 23.2 Å². The minimum atomic E-state index is 0.108. The summed E-state index contributed by atoms with van der Waals surface area (Å²) in [7, 11) is 0. The summed E-state index contributed by atoms with van der Waals surface area (Å²) in [4.78, 5) is 0. The van der Waals surface area contributed by atoms with Crippen molar-refractivity contribution >= 4 is 23.2 Å². The Hall–Kier alpha value is 0.500. The van der Waals surface area contributed by atoms with Crippen molar-refractivity contribution in [3.63, 3.8) is 0 Å². The molecule has 0 aliphatic heterocycles. The van der Waals surface area contributed by atoms with E-state index in [0.29, 0.717) is 31.6 Å². The minimum Gasteiger partial charge on any atom is -0.378 e. The molecule has 0 aromatic carbocycles. The summed E-state index contributed by atoms with van der Waals surface area (Å²) in [5.74, 6) is 1.06. The average molecular weight is 201 g/mol. The van der Waals surface area contributed by atoms with Gasteiger partial charge in [0.15, 0.2) is 0 Å². The van der Waals surface area contributed by atoms with Crippen molar-refractivity contribution in [1.82, 2.24) is 0 Å². The number of alkyl halides is 2. The smallest absolute Gasteiger partial charge is 0.0704 e. The Morgan fingerprint density at radius 2 is 1.91 bits per heavy atom. The molecule has 0 radical (unpaired) electrons. The molecule has 11 heavy (non-hydrogen) atoms. The van der Waals surface area contributed by atoms with Crippen LogP contribution in [0.1, 0.15) is 6.92 Å². The predicted molar refractivity (Wildman–Crippen MR) is 47.7 cm³/mol. The first-order valence-electron chi connectivity index (χ1n) is 3.62. The van der Waals surface area contributed by atoms with Crippen molar-refractivity contribution < 1.29 is 9.47 Å². The van der Waals surface area contributed by atoms with Crippen LogP contribution < -0.4 is 0 Å².